The first kappa shape index (κ1) is 23.2. The van der Waals surface area contributed by atoms with Crippen molar-refractivity contribution >= 4 is 17.8 Å². The number of hydrogen-bond donors (Lipinski definition) is 2. The highest BCUT2D eigenvalue weighted by atomic mass is 19.1. The van der Waals surface area contributed by atoms with Gasteiger partial charge in [0.05, 0.1) is 7.11 Å². The van der Waals surface area contributed by atoms with Gasteiger partial charge in [-0.3, -0.25) is 9.59 Å². The maximum absolute atomic E-state index is 14.3. The summed E-state index contributed by atoms with van der Waals surface area (Å²) in [6.45, 7) is 1.28. The predicted octanol–water partition coefficient (Wildman–Crippen LogP) is 3.34. The van der Waals surface area contributed by atoms with Crippen molar-refractivity contribution in [2.45, 2.75) is 31.3 Å². The lowest BCUT2D eigenvalue weighted by molar-refractivity contribution is -0.145. The van der Waals surface area contributed by atoms with Gasteiger partial charge in [-0.1, -0.05) is 66.7 Å². The van der Waals surface area contributed by atoms with E-state index in [2.05, 4.69) is 10.6 Å². The number of carbonyl (C=O) groups excluding carboxylic acids is 3. The van der Waals surface area contributed by atoms with Crippen LogP contribution in [0.25, 0.3) is 11.1 Å². The van der Waals surface area contributed by atoms with Gasteiger partial charge in [-0.2, -0.15) is 0 Å². The third kappa shape index (κ3) is 4.55. The van der Waals surface area contributed by atoms with Crippen molar-refractivity contribution in [2.75, 3.05) is 7.11 Å². The normalized spacial score (nSPS) is 13.9. The lowest BCUT2D eigenvalue weighted by Gasteiger charge is -2.27. The Balaban J connectivity index is 1.68. The first-order chi connectivity index (χ1) is 16.4. The van der Waals surface area contributed by atoms with Gasteiger partial charge in [0.15, 0.2) is 0 Å². The van der Waals surface area contributed by atoms with Crippen LogP contribution in [0.3, 0.4) is 0 Å². The van der Waals surface area contributed by atoms with Crippen LogP contribution in [0.1, 0.15) is 29.5 Å². The second kappa shape index (κ2) is 9.87. The molecule has 0 aromatic heterocycles. The number of amides is 2. The van der Waals surface area contributed by atoms with E-state index in [0.29, 0.717) is 0 Å². The molecule has 0 fully saturated rings. The molecule has 0 unspecified atom stereocenters. The highest BCUT2D eigenvalue weighted by Crippen LogP contribution is 2.46. The van der Waals surface area contributed by atoms with E-state index in [1.165, 1.54) is 20.1 Å². The third-order valence-corrected chi connectivity index (χ3v) is 6.04. The fraction of sp³-hybridized carbons (Fsp3) is 0.222. The quantitative estimate of drug-likeness (QED) is 0.530. The number of ether oxygens (including phenoxy) is 1. The van der Waals surface area contributed by atoms with E-state index in [4.69, 9.17) is 4.74 Å². The molecule has 1 aliphatic rings. The zero-order chi connectivity index (χ0) is 24.2. The molecule has 0 heterocycles. The Kier molecular flexibility index (Phi) is 6.72. The van der Waals surface area contributed by atoms with Gasteiger partial charge in [0.2, 0.25) is 11.8 Å². The third-order valence-electron chi connectivity index (χ3n) is 6.04. The van der Waals surface area contributed by atoms with Crippen LogP contribution >= 0.6 is 0 Å². The molecule has 0 radical (unpaired) electrons. The number of rotatable bonds is 7. The minimum absolute atomic E-state index is 0.0657. The maximum atomic E-state index is 14.3. The number of carbonyl (C=O) groups is 3. The fourth-order valence-corrected chi connectivity index (χ4v) is 4.55. The minimum Gasteiger partial charge on any atom is -0.467 e. The molecule has 2 amide bonds. The van der Waals surface area contributed by atoms with Gasteiger partial charge in [0.25, 0.3) is 0 Å². The summed E-state index contributed by atoms with van der Waals surface area (Å²) in [6.07, 6.45) is -0.0657. The molecule has 3 aromatic carbocycles. The van der Waals surface area contributed by atoms with Crippen molar-refractivity contribution < 1.29 is 23.5 Å². The molecule has 0 spiro atoms. The van der Waals surface area contributed by atoms with Crippen LogP contribution in [0, 0.1) is 5.82 Å². The number of nitrogens with one attached hydrogen (secondary N) is 2. The van der Waals surface area contributed by atoms with E-state index >= 15 is 0 Å². The van der Waals surface area contributed by atoms with Crippen LogP contribution in [0.2, 0.25) is 0 Å². The number of hydrogen-bond acceptors (Lipinski definition) is 4. The van der Waals surface area contributed by atoms with Crippen LogP contribution in [0.15, 0.2) is 72.8 Å². The molecule has 0 saturated carbocycles. The van der Waals surface area contributed by atoms with E-state index in [9.17, 15) is 18.8 Å². The number of methoxy groups -OCH3 is 1. The number of benzene rings is 3. The lowest BCUT2D eigenvalue weighted by atomic mass is 9.89. The van der Waals surface area contributed by atoms with Crippen molar-refractivity contribution in [3.63, 3.8) is 0 Å². The van der Waals surface area contributed by atoms with E-state index in [0.717, 1.165) is 22.3 Å². The molecule has 34 heavy (non-hydrogen) atoms. The molecule has 174 valence electrons. The maximum Gasteiger partial charge on any atom is 0.329 e. The van der Waals surface area contributed by atoms with Crippen LogP contribution in [0.4, 0.5) is 4.39 Å². The topological polar surface area (TPSA) is 84.5 Å². The Hall–Kier alpha value is -4.00. The molecular weight excluding hydrogens is 435 g/mol. The number of halogens is 1. The SMILES string of the molecule is COC(=O)[C@H](NC(=O)[C@@H](Cc1ccccc1F)NC(C)=O)C1c2ccccc2-c2ccccc21. The predicted molar refractivity (Wildman–Crippen MR) is 125 cm³/mol. The van der Waals surface area contributed by atoms with Gasteiger partial charge in [0.1, 0.15) is 17.9 Å². The lowest BCUT2D eigenvalue weighted by Crippen LogP contribution is -2.54. The van der Waals surface area contributed by atoms with Crippen LogP contribution < -0.4 is 10.6 Å². The molecule has 2 N–H and O–H groups in total. The first-order valence-corrected chi connectivity index (χ1v) is 11.0. The van der Waals surface area contributed by atoms with E-state index < -0.39 is 41.6 Å². The summed E-state index contributed by atoms with van der Waals surface area (Å²) in [5.74, 6) is -2.61. The summed E-state index contributed by atoms with van der Waals surface area (Å²) in [7, 11) is 1.26. The second-order valence-corrected chi connectivity index (χ2v) is 8.21. The van der Waals surface area contributed by atoms with Crippen LogP contribution in [-0.2, 0) is 25.5 Å². The molecule has 6 nitrogen and oxygen atoms in total. The van der Waals surface area contributed by atoms with Crippen LogP contribution in [-0.4, -0.2) is 37.0 Å². The number of esters is 1. The molecule has 0 bridgehead atoms. The standard InChI is InChI=1S/C27H25FN2O4/c1-16(31)29-23(15-17-9-3-8-14-22(17)28)26(32)30-25(27(33)34-2)24-20-12-6-4-10-18(20)19-11-5-7-13-21(19)24/h3-14,23-25H,15H2,1-2H3,(H,29,31)(H,30,32)/t23-,25-/m1/s1. The van der Waals surface area contributed by atoms with Crippen molar-refractivity contribution in [1.82, 2.24) is 10.6 Å². The van der Waals surface area contributed by atoms with Gasteiger partial charge >= 0.3 is 5.97 Å². The van der Waals surface area contributed by atoms with E-state index in [-0.39, 0.29) is 12.0 Å². The van der Waals surface area contributed by atoms with Crippen molar-refractivity contribution in [3.05, 3.63) is 95.3 Å². The first-order valence-electron chi connectivity index (χ1n) is 11.0. The zero-order valence-electron chi connectivity index (χ0n) is 18.9. The smallest absolute Gasteiger partial charge is 0.329 e. The van der Waals surface area contributed by atoms with Gasteiger partial charge in [-0.05, 0) is 33.9 Å². The molecule has 0 aliphatic heterocycles. The average molecular weight is 461 g/mol. The average Bonchev–Trinajstić information content (AvgIpc) is 3.17. The summed E-state index contributed by atoms with van der Waals surface area (Å²) in [6, 6.07) is 19.3. The summed E-state index contributed by atoms with van der Waals surface area (Å²) in [5.41, 5.74) is 4.03. The molecule has 2 atom stereocenters. The molecular formula is C27H25FN2O4. The van der Waals surface area contributed by atoms with Crippen molar-refractivity contribution in [1.29, 1.82) is 0 Å². The van der Waals surface area contributed by atoms with E-state index in [1.807, 2.05) is 48.5 Å². The zero-order valence-corrected chi connectivity index (χ0v) is 18.9. The molecule has 0 saturated heterocycles. The fourth-order valence-electron chi connectivity index (χ4n) is 4.55. The Bertz CT molecular complexity index is 1200. The summed E-state index contributed by atoms with van der Waals surface area (Å²) < 4.78 is 19.3. The summed E-state index contributed by atoms with van der Waals surface area (Å²) in [4.78, 5) is 38.1. The monoisotopic (exact) mass is 460 g/mol. The Morgan fingerprint density at radius 2 is 1.44 bits per heavy atom. The molecule has 7 heteroatoms. The molecule has 1 aliphatic carbocycles. The minimum atomic E-state index is -1.08. The Morgan fingerprint density at radius 3 is 2.00 bits per heavy atom. The van der Waals surface area contributed by atoms with Gasteiger partial charge in [-0.25, -0.2) is 9.18 Å². The highest BCUT2D eigenvalue weighted by Gasteiger charge is 2.40. The highest BCUT2D eigenvalue weighted by molar-refractivity contribution is 5.92. The van der Waals surface area contributed by atoms with Gasteiger partial charge in [0, 0.05) is 19.3 Å². The molecule has 4 rings (SSSR count). The Labute approximate surface area is 197 Å². The van der Waals surface area contributed by atoms with Crippen molar-refractivity contribution in [3.8, 4) is 11.1 Å². The Morgan fingerprint density at radius 1 is 0.882 bits per heavy atom. The van der Waals surface area contributed by atoms with Crippen LogP contribution in [0.5, 0.6) is 0 Å². The van der Waals surface area contributed by atoms with E-state index in [1.54, 1.807) is 18.2 Å². The molecule has 3 aromatic rings. The van der Waals surface area contributed by atoms with Crippen molar-refractivity contribution in [2.24, 2.45) is 0 Å². The van der Waals surface area contributed by atoms with Gasteiger partial charge < -0.3 is 15.4 Å². The largest absolute Gasteiger partial charge is 0.467 e. The second-order valence-electron chi connectivity index (χ2n) is 8.21. The van der Waals surface area contributed by atoms with Gasteiger partial charge in [-0.15, -0.1) is 0 Å². The summed E-state index contributed by atoms with van der Waals surface area (Å²) in [5, 5.41) is 5.36. The number of fused-ring (bicyclic) bond motifs is 3. The summed E-state index contributed by atoms with van der Waals surface area (Å²) >= 11 is 0.